The summed E-state index contributed by atoms with van der Waals surface area (Å²) in [6.45, 7) is 4.25. The van der Waals surface area contributed by atoms with Gasteiger partial charge in [-0.3, -0.25) is 4.79 Å². The Labute approximate surface area is 85.5 Å². The third-order valence-electron chi connectivity index (χ3n) is 2.21. The van der Waals surface area contributed by atoms with E-state index in [0.29, 0.717) is 5.92 Å². The third kappa shape index (κ3) is 2.34. The molecule has 14 heavy (non-hydrogen) atoms. The normalized spacial score (nSPS) is 10.4. The van der Waals surface area contributed by atoms with Crippen molar-refractivity contribution in [1.82, 2.24) is 4.90 Å². The average Bonchev–Trinajstić information content (AvgIpc) is 2.16. The van der Waals surface area contributed by atoms with Gasteiger partial charge in [0, 0.05) is 19.7 Å². The molecule has 0 radical (unpaired) electrons. The highest BCUT2D eigenvalue weighted by Crippen LogP contribution is 2.16. The maximum absolute atomic E-state index is 11.6. The molecule has 1 aromatic rings. The van der Waals surface area contributed by atoms with Crippen molar-refractivity contribution in [2.75, 3.05) is 14.1 Å². The fourth-order valence-electron chi connectivity index (χ4n) is 1.29. The first-order valence-electron chi connectivity index (χ1n) is 4.84. The Hall–Kier alpha value is -1.31. The van der Waals surface area contributed by atoms with Gasteiger partial charge >= 0.3 is 0 Å². The van der Waals surface area contributed by atoms with Crippen molar-refractivity contribution < 1.29 is 4.79 Å². The molecule has 0 unspecified atom stereocenters. The Morgan fingerprint density at radius 2 is 1.93 bits per heavy atom. The molecule has 0 bridgehead atoms. The van der Waals surface area contributed by atoms with Crippen LogP contribution in [0.2, 0.25) is 0 Å². The van der Waals surface area contributed by atoms with Gasteiger partial charge in [0.2, 0.25) is 0 Å². The number of carbonyl (C=O) groups excluding carboxylic acids is 1. The van der Waals surface area contributed by atoms with E-state index in [4.69, 9.17) is 0 Å². The van der Waals surface area contributed by atoms with Crippen LogP contribution in [0.4, 0.5) is 0 Å². The van der Waals surface area contributed by atoms with Crippen LogP contribution in [0.5, 0.6) is 0 Å². The van der Waals surface area contributed by atoms with Crippen molar-refractivity contribution in [2.24, 2.45) is 0 Å². The standard InChI is InChI=1S/C12H17NO/c1-9(2)10-6-5-7-11(8-10)12(14)13(3)4/h5-9H,1-4H3. The van der Waals surface area contributed by atoms with E-state index in [-0.39, 0.29) is 5.91 Å². The molecule has 0 fully saturated rings. The average molecular weight is 191 g/mol. The predicted molar refractivity (Wildman–Crippen MR) is 58.5 cm³/mol. The van der Waals surface area contributed by atoms with Crippen molar-refractivity contribution in [3.8, 4) is 0 Å². The number of rotatable bonds is 2. The fourth-order valence-corrected chi connectivity index (χ4v) is 1.29. The fraction of sp³-hybridized carbons (Fsp3) is 0.417. The number of hydrogen-bond acceptors (Lipinski definition) is 1. The van der Waals surface area contributed by atoms with Crippen LogP contribution in [0.25, 0.3) is 0 Å². The monoisotopic (exact) mass is 191 g/mol. The molecule has 1 rings (SSSR count). The van der Waals surface area contributed by atoms with Gasteiger partial charge in [-0.25, -0.2) is 0 Å². The number of carbonyl (C=O) groups is 1. The second kappa shape index (κ2) is 4.27. The molecule has 0 aliphatic carbocycles. The van der Waals surface area contributed by atoms with E-state index < -0.39 is 0 Å². The topological polar surface area (TPSA) is 20.3 Å². The quantitative estimate of drug-likeness (QED) is 0.703. The van der Waals surface area contributed by atoms with Gasteiger partial charge in [-0.05, 0) is 23.6 Å². The van der Waals surface area contributed by atoms with E-state index in [9.17, 15) is 4.79 Å². The lowest BCUT2D eigenvalue weighted by Gasteiger charge is -2.12. The SMILES string of the molecule is CC(C)c1cccc(C(=O)N(C)C)c1. The van der Waals surface area contributed by atoms with E-state index in [2.05, 4.69) is 19.9 Å². The minimum Gasteiger partial charge on any atom is -0.345 e. The largest absolute Gasteiger partial charge is 0.345 e. The van der Waals surface area contributed by atoms with E-state index >= 15 is 0 Å². The molecule has 0 heterocycles. The maximum atomic E-state index is 11.6. The zero-order chi connectivity index (χ0) is 10.7. The Kier molecular flexibility index (Phi) is 3.28. The van der Waals surface area contributed by atoms with Gasteiger partial charge in [0.05, 0.1) is 0 Å². The number of nitrogens with zero attached hydrogens (tertiary/aromatic N) is 1. The summed E-state index contributed by atoms with van der Waals surface area (Å²) in [5.74, 6) is 0.525. The molecule has 0 spiro atoms. The maximum Gasteiger partial charge on any atom is 0.253 e. The first kappa shape index (κ1) is 10.8. The summed E-state index contributed by atoms with van der Waals surface area (Å²) >= 11 is 0. The predicted octanol–water partition coefficient (Wildman–Crippen LogP) is 2.51. The smallest absolute Gasteiger partial charge is 0.253 e. The highest BCUT2D eigenvalue weighted by Gasteiger charge is 2.08. The molecule has 0 atom stereocenters. The molecule has 1 amide bonds. The van der Waals surface area contributed by atoms with Crippen molar-refractivity contribution >= 4 is 5.91 Å². The van der Waals surface area contributed by atoms with E-state index in [0.717, 1.165) is 5.56 Å². The Bertz CT molecular complexity index is 329. The Morgan fingerprint density at radius 1 is 1.29 bits per heavy atom. The summed E-state index contributed by atoms with van der Waals surface area (Å²) in [6, 6.07) is 7.81. The molecule has 2 nitrogen and oxygen atoms in total. The highest BCUT2D eigenvalue weighted by atomic mass is 16.2. The molecule has 0 saturated carbocycles. The van der Waals surface area contributed by atoms with Crippen LogP contribution in [0.15, 0.2) is 24.3 Å². The second-order valence-corrected chi connectivity index (χ2v) is 3.98. The first-order valence-corrected chi connectivity index (χ1v) is 4.84. The van der Waals surface area contributed by atoms with Crippen molar-refractivity contribution in [3.05, 3.63) is 35.4 Å². The molecule has 0 saturated heterocycles. The number of amides is 1. The summed E-state index contributed by atoms with van der Waals surface area (Å²) in [5.41, 5.74) is 1.97. The minimum atomic E-state index is 0.0625. The van der Waals surface area contributed by atoms with Gasteiger partial charge in [-0.15, -0.1) is 0 Å². The molecule has 1 aromatic carbocycles. The van der Waals surface area contributed by atoms with Crippen molar-refractivity contribution in [3.63, 3.8) is 0 Å². The lowest BCUT2D eigenvalue weighted by molar-refractivity contribution is 0.0827. The zero-order valence-corrected chi connectivity index (χ0v) is 9.24. The van der Waals surface area contributed by atoms with Gasteiger partial charge in [-0.2, -0.15) is 0 Å². The van der Waals surface area contributed by atoms with Crippen molar-refractivity contribution in [2.45, 2.75) is 19.8 Å². The van der Waals surface area contributed by atoms with Gasteiger partial charge < -0.3 is 4.90 Å². The lowest BCUT2D eigenvalue weighted by atomic mass is 10.0. The van der Waals surface area contributed by atoms with Crippen LogP contribution in [0.1, 0.15) is 35.7 Å². The van der Waals surface area contributed by atoms with Crippen LogP contribution < -0.4 is 0 Å². The molecule has 76 valence electrons. The Morgan fingerprint density at radius 3 is 2.43 bits per heavy atom. The summed E-state index contributed by atoms with van der Waals surface area (Å²) in [6.07, 6.45) is 0. The minimum absolute atomic E-state index is 0.0625. The van der Waals surface area contributed by atoms with Crippen LogP contribution in [-0.4, -0.2) is 24.9 Å². The first-order chi connectivity index (χ1) is 6.52. The van der Waals surface area contributed by atoms with E-state index in [1.165, 1.54) is 5.56 Å². The summed E-state index contributed by atoms with van der Waals surface area (Å²) < 4.78 is 0. The lowest BCUT2D eigenvalue weighted by Crippen LogP contribution is -2.21. The molecular weight excluding hydrogens is 174 g/mol. The summed E-state index contributed by atoms with van der Waals surface area (Å²) in [7, 11) is 3.54. The van der Waals surface area contributed by atoms with E-state index in [1.54, 1.807) is 19.0 Å². The zero-order valence-electron chi connectivity index (χ0n) is 9.24. The number of benzene rings is 1. The van der Waals surface area contributed by atoms with Crippen LogP contribution in [0.3, 0.4) is 0 Å². The molecule has 0 aromatic heterocycles. The van der Waals surface area contributed by atoms with Gasteiger partial charge in [0.1, 0.15) is 0 Å². The molecule has 2 heteroatoms. The molecule has 0 aliphatic rings. The molecule has 0 aliphatic heterocycles. The molecule has 0 N–H and O–H groups in total. The number of hydrogen-bond donors (Lipinski definition) is 0. The Balaban J connectivity index is 3.00. The van der Waals surface area contributed by atoms with Gasteiger partial charge in [-0.1, -0.05) is 26.0 Å². The van der Waals surface area contributed by atoms with Crippen LogP contribution in [-0.2, 0) is 0 Å². The van der Waals surface area contributed by atoms with E-state index in [1.807, 2.05) is 18.2 Å². The van der Waals surface area contributed by atoms with Crippen molar-refractivity contribution in [1.29, 1.82) is 0 Å². The van der Waals surface area contributed by atoms with Crippen LogP contribution in [0, 0.1) is 0 Å². The summed E-state index contributed by atoms with van der Waals surface area (Å²) in [5, 5.41) is 0. The molecular formula is C12H17NO. The van der Waals surface area contributed by atoms with Crippen LogP contribution >= 0.6 is 0 Å². The summed E-state index contributed by atoms with van der Waals surface area (Å²) in [4.78, 5) is 13.2. The third-order valence-corrected chi connectivity index (χ3v) is 2.21. The van der Waals surface area contributed by atoms with Gasteiger partial charge in [0.25, 0.3) is 5.91 Å². The van der Waals surface area contributed by atoms with Gasteiger partial charge in [0.15, 0.2) is 0 Å². The highest BCUT2D eigenvalue weighted by molar-refractivity contribution is 5.94. The second-order valence-electron chi connectivity index (χ2n) is 3.98.